The summed E-state index contributed by atoms with van der Waals surface area (Å²) in [6, 6.07) is 62.6. The van der Waals surface area contributed by atoms with E-state index >= 15 is 0 Å². The molecule has 0 spiro atoms. The first kappa shape index (κ1) is 29.2. The minimum absolute atomic E-state index is 0.634. The first-order valence-electron chi connectivity index (χ1n) is 18.3. The Kier molecular flexibility index (Phi) is 5.99. The van der Waals surface area contributed by atoms with Crippen LogP contribution in [0.5, 0.6) is 0 Å². The van der Waals surface area contributed by atoms with Gasteiger partial charge >= 0.3 is 0 Å². The lowest BCUT2D eigenvalue weighted by molar-refractivity contribution is 1.07. The van der Waals surface area contributed by atoms with Gasteiger partial charge in [0, 0.05) is 49.0 Å². The third-order valence-corrected chi connectivity index (χ3v) is 11.1. The van der Waals surface area contributed by atoms with E-state index in [-0.39, 0.29) is 0 Å². The Hall–Kier alpha value is -7.37. The van der Waals surface area contributed by atoms with Gasteiger partial charge in [-0.05, 0) is 47.2 Å². The summed E-state index contributed by atoms with van der Waals surface area (Å²) in [7, 11) is 0. The Morgan fingerprint density at radius 1 is 0.296 bits per heavy atom. The van der Waals surface area contributed by atoms with Gasteiger partial charge in [-0.15, -0.1) is 0 Å². The molecule has 0 saturated heterocycles. The number of hydrogen-bond acceptors (Lipinski definition) is 3. The first-order valence-corrected chi connectivity index (χ1v) is 18.3. The van der Waals surface area contributed by atoms with Gasteiger partial charge in [0.25, 0.3) is 0 Å². The van der Waals surface area contributed by atoms with Crippen molar-refractivity contribution in [3.63, 3.8) is 0 Å². The van der Waals surface area contributed by atoms with Gasteiger partial charge < -0.3 is 8.80 Å². The molecule has 12 aromatic rings. The van der Waals surface area contributed by atoms with Crippen molar-refractivity contribution in [3.8, 4) is 34.2 Å². The number of rotatable bonds is 3. The second kappa shape index (κ2) is 11.1. The molecular formula is C49H29N5. The molecule has 54 heavy (non-hydrogen) atoms. The molecule has 4 aromatic heterocycles. The summed E-state index contributed by atoms with van der Waals surface area (Å²) >= 11 is 0. The quantitative estimate of drug-likeness (QED) is 0.186. The van der Waals surface area contributed by atoms with Crippen molar-refractivity contribution in [2.45, 2.75) is 0 Å². The third kappa shape index (κ3) is 4.06. The maximum atomic E-state index is 5.13. The van der Waals surface area contributed by atoms with E-state index in [2.05, 4.69) is 148 Å². The molecule has 0 N–H and O–H groups in total. The lowest BCUT2D eigenvalue weighted by Gasteiger charge is -2.13. The highest BCUT2D eigenvalue weighted by atomic mass is 15.0. The van der Waals surface area contributed by atoms with Crippen molar-refractivity contribution < 1.29 is 0 Å². The van der Waals surface area contributed by atoms with Crippen molar-refractivity contribution in [3.05, 3.63) is 176 Å². The maximum absolute atomic E-state index is 5.13. The van der Waals surface area contributed by atoms with Crippen LogP contribution in [0, 0.1) is 0 Å². The minimum Gasteiger partial charge on any atom is -0.307 e. The van der Waals surface area contributed by atoms with E-state index in [1.54, 1.807) is 0 Å². The van der Waals surface area contributed by atoms with E-state index in [9.17, 15) is 0 Å². The highest BCUT2D eigenvalue weighted by molar-refractivity contribution is 6.28. The van der Waals surface area contributed by atoms with E-state index < -0.39 is 0 Å². The Balaban J connectivity index is 1.29. The standard InChI is InChI=1S/C49H29N5/c1-3-14-31(15-4-1)47-50-48(32-16-5-2-6-17-32)52-49(51-47)33-26-27-41-39(29-33)37-20-11-22-38-44-34-18-8-7-13-30(34)25-28-42(44)54(45(37)38)43-24-12-21-36-35-19-9-10-23-40(35)53(41)46(36)43/h1-29H. The number of nitrogens with zero attached hydrogens (tertiary/aromatic N) is 5. The predicted molar refractivity (Wildman–Crippen MR) is 223 cm³/mol. The van der Waals surface area contributed by atoms with E-state index in [1.807, 2.05) is 36.4 Å². The number of benzene rings is 8. The zero-order chi connectivity index (χ0) is 35.3. The van der Waals surface area contributed by atoms with Crippen molar-refractivity contribution in [2.75, 3.05) is 0 Å². The number of hydrogen-bond donors (Lipinski definition) is 0. The summed E-state index contributed by atoms with van der Waals surface area (Å²) in [5, 5.41) is 9.72. The molecule has 0 aliphatic heterocycles. The van der Waals surface area contributed by atoms with Gasteiger partial charge in [0.1, 0.15) is 0 Å². The van der Waals surface area contributed by atoms with Crippen LogP contribution in [-0.2, 0) is 0 Å². The van der Waals surface area contributed by atoms with Gasteiger partial charge in [-0.2, -0.15) is 0 Å². The summed E-state index contributed by atoms with van der Waals surface area (Å²) < 4.78 is 4.97. The normalized spacial score (nSPS) is 12.1. The number of fused-ring (bicyclic) bond motifs is 12. The molecule has 250 valence electrons. The molecule has 0 unspecified atom stereocenters. The Bertz CT molecular complexity index is 3430. The Morgan fingerprint density at radius 2 is 0.815 bits per heavy atom. The largest absolute Gasteiger partial charge is 0.307 e. The first-order chi connectivity index (χ1) is 26.8. The Morgan fingerprint density at radius 3 is 1.57 bits per heavy atom. The molecule has 5 heteroatoms. The SMILES string of the molecule is c1ccc(-c2nc(-c3ccccc3)nc(-c3ccc4c(c3)c3cccc5c6c7ccccc7ccc6n(c6cccc7c8ccccc8n4c76)c35)n2)cc1. The lowest BCUT2D eigenvalue weighted by Crippen LogP contribution is -2.00. The van der Waals surface area contributed by atoms with E-state index in [1.165, 1.54) is 59.9 Å². The van der Waals surface area contributed by atoms with Crippen LogP contribution in [0.2, 0.25) is 0 Å². The van der Waals surface area contributed by atoms with E-state index in [0.717, 1.165) is 33.0 Å². The smallest absolute Gasteiger partial charge is 0.164 e. The number of aromatic nitrogens is 5. The van der Waals surface area contributed by atoms with E-state index in [0.29, 0.717) is 17.5 Å². The monoisotopic (exact) mass is 687 g/mol. The summed E-state index contributed by atoms with van der Waals surface area (Å²) in [5.74, 6) is 1.92. The van der Waals surface area contributed by atoms with Crippen LogP contribution in [0.25, 0.3) is 110 Å². The van der Waals surface area contributed by atoms with Gasteiger partial charge in [0.15, 0.2) is 17.5 Å². The third-order valence-electron chi connectivity index (χ3n) is 11.1. The van der Waals surface area contributed by atoms with Crippen LogP contribution >= 0.6 is 0 Å². The predicted octanol–water partition coefficient (Wildman–Crippen LogP) is 12.3. The van der Waals surface area contributed by atoms with Gasteiger partial charge in [0.2, 0.25) is 0 Å². The zero-order valence-electron chi connectivity index (χ0n) is 29.0. The average molecular weight is 688 g/mol. The molecule has 0 aliphatic carbocycles. The van der Waals surface area contributed by atoms with Crippen LogP contribution in [0.4, 0.5) is 0 Å². The van der Waals surface area contributed by atoms with Gasteiger partial charge in [-0.1, -0.05) is 140 Å². The second-order valence-corrected chi connectivity index (χ2v) is 14.0. The van der Waals surface area contributed by atoms with Crippen LogP contribution in [-0.4, -0.2) is 23.8 Å². The van der Waals surface area contributed by atoms with Crippen molar-refractivity contribution >= 4 is 76.2 Å². The van der Waals surface area contributed by atoms with Crippen LogP contribution < -0.4 is 0 Å². The summed E-state index contributed by atoms with van der Waals surface area (Å²) in [6.07, 6.45) is 0. The molecule has 0 fully saturated rings. The van der Waals surface area contributed by atoms with Crippen LogP contribution in [0.1, 0.15) is 0 Å². The maximum Gasteiger partial charge on any atom is 0.164 e. The summed E-state index contributed by atoms with van der Waals surface area (Å²) in [6.45, 7) is 0. The Labute approximate surface area is 309 Å². The fourth-order valence-electron chi connectivity index (χ4n) is 8.76. The molecule has 5 nitrogen and oxygen atoms in total. The second-order valence-electron chi connectivity index (χ2n) is 14.0. The molecule has 0 saturated carbocycles. The van der Waals surface area contributed by atoms with Crippen molar-refractivity contribution in [2.24, 2.45) is 0 Å². The number of para-hydroxylation sites is 3. The lowest BCUT2D eigenvalue weighted by atomic mass is 10.0. The minimum atomic E-state index is 0.634. The molecule has 0 bridgehead atoms. The van der Waals surface area contributed by atoms with Gasteiger partial charge in [-0.3, -0.25) is 0 Å². The summed E-state index contributed by atoms with van der Waals surface area (Å²) in [4.78, 5) is 15.2. The highest BCUT2D eigenvalue weighted by Gasteiger charge is 2.21. The molecule has 12 rings (SSSR count). The molecule has 0 aliphatic rings. The van der Waals surface area contributed by atoms with E-state index in [4.69, 9.17) is 15.0 Å². The summed E-state index contributed by atoms with van der Waals surface area (Å²) in [5.41, 5.74) is 9.85. The van der Waals surface area contributed by atoms with Crippen LogP contribution in [0.3, 0.4) is 0 Å². The zero-order valence-corrected chi connectivity index (χ0v) is 29.0. The van der Waals surface area contributed by atoms with Crippen molar-refractivity contribution in [1.82, 2.24) is 23.8 Å². The fourth-order valence-corrected chi connectivity index (χ4v) is 8.76. The van der Waals surface area contributed by atoms with Gasteiger partial charge in [0.05, 0.1) is 33.1 Å². The van der Waals surface area contributed by atoms with Gasteiger partial charge in [-0.25, -0.2) is 15.0 Å². The average Bonchev–Trinajstić information content (AvgIpc) is 3.77. The molecule has 0 amide bonds. The van der Waals surface area contributed by atoms with Crippen LogP contribution in [0.15, 0.2) is 176 Å². The topological polar surface area (TPSA) is 47.5 Å². The molecule has 0 atom stereocenters. The molecule has 4 heterocycles. The highest BCUT2D eigenvalue weighted by Crippen LogP contribution is 2.42. The fraction of sp³-hybridized carbons (Fsp3) is 0. The molecule has 8 aromatic carbocycles. The van der Waals surface area contributed by atoms with Crippen molar-refractivity contribution in [1.29, 1.82) is 0 Å². The molecular weight excluding hydrogens is 659 g/mol. The molecule has 0 radical (unpaired) electrons.